The number of nitriles is 1. The monoisotopic (exact) mass is 310 g/mol. The summed E-state index contributed by atoms with van der Waals surface area (Å²) in [5, 5.41) is 8.63. The highest BCUT2D eigenvalue weighted by atomic mass is 32.2. The van der Waals surface area contributed by atoms with Gasteiger partial charge in [0.05, 0.1) is 29.6 Å². The molecule has 2 rings (SSSR count). The molecular weight excluding hydrogens is 292 g/mol. The molecule has 1 aliphatic heterocycles. The summed E-state index contributed by atoms with van der Waals surface area (Å²) in [4.78, 5) is 0.218. The number of benzene rings is 1. The summed E-state index contributed by atoms with van der Waals surface area (Å²) in [5.41, 5.74) is 0.794. The van der Waals surface area contributed by atoms with Gasteiger partial charge in [-0.3, -0.25) is 0 Å². The summed E-state index contributed by atoms with van der Waals surface area (Å²) < 4.78 is 37.0. The Kier molecular flexibility index (Phi) is 4.96. The van der Waals surface area contributed by atoms with E-state index in [9.17, 15) is 8.42 Å². The Morgan fingerprint density at radius 3 is 2.14 bits per heavy atom. The number of ether oxygens (including phenoxy) is 2. The SMILES string of the molecule is COC1CN(S(=O)(=O)c2ccc(CC#N)cc2)CC1OC. The van der Waals surface area contributed by atoms with Crippen LogP contribution in [0.25, 0.3) is 0 Å². The van der Waals surface area contributed by atoms with Crippen LogP contribution in [0.2, 0.25) is 0 Å². The summed E-state index contributed by atoms with van der Waals surface area (Å²) in [6, 6.07) is 8.42. The second kappa shape index (κ2) is 6.54. The van der Waals surface area contributed by atoms with Gasteiger partial charge >= 0.3 is 0 Å². The van der Waals surface area contributed by atoms with Crippen molar-refractivity contribution in [2.24, 2.45) is 0 Å². The molecule has 0 saturated carbocycles. The predicted octanol–water partition coefficient (Wildman–Crippen LogP) is 0.787. The molecular formula is C14H18N2O4S. The zero-order chi connectivity index (χ0) is 15.5. The lowest BCUT2D eigenvalue weighted by Gasteiger charge is -2.16. The summed E-state index contributed by atoms with van der Waals surface area (Å²) in [6.45, 7) is 0.550. The van der Waals surface area contributed by atoms with Crippen LogP contribution < -0.4 is 0 Å². The third-order valence-corrected chi connectivity index (χ3v) is 5.48. The molecule has 1 aliphatic rings. The average Bonchev–Trinajstić information content (AvgIpc) is 2.92. The molecule has 0 radical (unpaired) electrons. The Morgan fingerprint density at radius 2 is 1.71 bits per heavy atom. The van der Waals surface area contributed by atoms with E-state index in [-0.39, 0.29) is 36.6 Å². The Balaban J connectivity index is 2.20. The fourth-order valence-electron chi connectivity index (χ4n) is 2.38. The summed E-state index contributed by atoms with van der Waals surface area (Å²) in [6.07, 6.45) is -0.257. The maximum Gasteiger partial charge on any atom is 0.243 e. The van der Waals surface area contributed by atoms with E-state index in [2.05, 4.69) is 0 Å². The highest BCUT2D eigenvalue weighted by Gasteiger charge is 2.39. The van der Waals surface area contributed by atoms with Gasteiger partial charge in [0, 0.05) is 27.3 Å². The highest BCUT2D eigenvalue weighted by Crippen LogP contribution is 2.24. The van der Waals surface area contributed by atoms with Crippen LogP contribution in [-0.4, -0.2) is 52.2 Å². The first-order chi connectivity index (χ1) is 10.0. The normalized spacial score (nSPS) is 23.1. The van der Waals surface area contributed by atoms with Crippen LogP contribution in [0.15, 0.2) is 29.2 Å². The van der Waals surface area contributed by atoms with Crippen molar-refractivity contribution in [1.29, 1.82) is 5.26 Å². The third-order valence-electron chi connectivity index (χ3n) is 3.63. The van der Waals surface area contributed by atoms with Gasteiger partial charge in [0.2, 0.25) is 10.0 Å². The average molecular weight is 310 g/mol. The summed E-state index contributed by atoms with van der Waals surface area (Å²) in [5.74, 6) is 0. The maximum atomic E-state index is 12.6. The van der Waals surface area contributed by atoms with Crippen molar-refractivity contribution in [3.8, 4) is 6.07 Å². The lowest BCUT2D eigenvalue weighted by atomic mass is 10.2. The first-order valence-corrected chi connectivity index (χ1v) is 7.98. The van der Waals surface area contributed by atoms with Gasteiger partial charge in [0.15, 0.2) is 0 Å². The molecule has 7 heteroatoms. The highest BCUT2D eigenvalue weighted by molar-refractivity contribution is 7.89. The summed E-state index contributed by atoms with van der Waals surface area (Å²) in [7, 11) is -0.476. The lowest BCUT2D eigenvalue weighted by molar-refractivity contribution is -0.00461. The molecule has 0 N–H and O–H groups in total. The van der Waals surface area contributed by atoms with Gasteiger partial charge in [-0.15, -0.1) is 0 Å². The first kappa shape index (κ1) is 15.9. The second-order valence-corrected chi connectivity index (χ2v) is 6.79. The van der Waals surface area contributed by atoms with Gasteiger partial charge in [-0.2, -0.15) is 9.57 Å². The van der Waals surface area contributed by atoms with Crippen LogP contribution in [0.3, 0.4) is 0 Å². The standard InChI is InChI=1S/C14H18N2O4S/c1-19-13-9-16(10-14(13)20-2)21(17,18)12-5-3-11(4-6-12)7-8-15/h3-6,13-14H,7,9-10H2,1-2H3. The van der Waals surface area contributed by atoms with Gasteiger partial charge in [-0.1, -0.05) is 12.1 Å². The molecule has 2 atom stereocenters. The first-order valence-electron chi connectivity index (χ1n) is 6.54. The van der Waals surface area contributed by atoms with E-state index in [1.54, 1.807) is 26.4 Å². The molecule has 1 saturated heterocycles. The second-order valence-electron chi connectivity index (χ2n) is 4.85. The minimum Gasteiger partial charge on any atom is -0.377 e. The Morgan fingerprint density at radius 1 is 1.19 bits per heavy atom. The Bertz CT molecular complexity index is 609. The minimum absolute atomic E-state index is 0.218. The summed E-state index contributed by atoms with van der Waals surface area (Å²) >= 11 is 0. The van der Waals surface area contributed by atoms with Gasteiger partial charge in [-0.05, 0) is 17.7 Å². The molecule has 6 nitrogen and oxygen atoms in total. The van der Waals surface area contributed by atoms with Crippen LogP contribution >= 0.6 is 0 Å². The van der Waals surface area contributed by atoms with Gasteiger partial charge < -0.3 is 9.47 Å². The molecule has 2 unspecified atom stereocenters. The third kappa shape index (κ3) is 3.24. The smallest absolute Gasteiger partial charge is 0.243 e. The lowest BCUT2D eigenvalue weighted by Crippen LogP contribution is -2.30. The predicted molar refractivity (Wildman–Crippen MR) is 76.1 cm³/mol. The zero-order valence-electron chi connectivity index (χ0n) is 12.0. The molecule has 114 valence electrons. The van der Waals surface area contributed by atoms with Crippen molar-refractivity contribution in [3.05, 3.63) is 29.8 Å². The van der Waals surface area contributed by atoms with E-state index < -0.39 is 10.0 Å². The molecule has 0 aliphatic carbocycles. The molecule has 1 fully saturated rings. The van der Waals surface area contributed by atoms with E-state index in [4.69, 9.17) is 14.7 Å². The van der Waals surface area contributed by atoms with Crippen molar-refractivity contribution in [2.75, 3.05) is 27.3 Å². The number of methoxy groups -OCH3 is 2. The quantitative estimate of drug-likeness (QED) is 0.803. The number of hydrogen-bond donors (Lipinski definition) is 0. The number of hydrogen-bond acceptors (Lipinski definition) is 5. The van der Waals surface area contributed by atoms with E-state index in [1.807, 2.05) is 6.07 Å². The van der Waals surface area contributed by atoms with Gasteiger partial charge in [0.1, 0.15) is 0 Å². The van der Waals surface area contributed by atoms with Crippen molar-refractivity contribution in [2.45, 2.75) is 23.5 Å². The molecule has 21 heavy (non-hydrogen) atoms. The van der Waals surface area contributed by atoms with E-state index in [1.165, 1.54) is 16.4 Å². The molecule has 1 heterocycles. The fraction of sp³-hybridized carbons (Fsp3) is 0.500. The van der Waals surface area contributed by atoms with Gasteiger partial charge in [-0.25, -0.2) is 8.42 Å². The molecule has 1 aromatic rings. The van der Waals surface area contributed by atoms with E-state index in [0.717, 1.165) is 5.56 Å². The number of nitrogens with zero attached hydrogens (tertiary/aromatic N) is 2. The molecule has 0 spiro atoms. The van der Waals surface area contributed by atoms with Crippen LogP contribution in [0.1, 0.15) is 5.56 Å². The van der Waals surface area contributed by atoms with Crippen LogP contribution in [-0.2, 0) is 25.9 Å². The Hall–Kier alpha value is -1.46. The van der Waals surface area contributed by atoms with Crippen molar-refractivity contribution in [1.82, 2.24) is 4.31 Å². The van der Waals surface area contributed by atoms with Crippen LogP contribution in [0.5, 0.6) is 0 Å². The number of rotatable bonds is 5. The number of sulfonamides is 1. The van der Waals surface area contributed by atoms with E-state index >= 15 is 0 Å². The van der Waals surface area contributed by atoms with Crippen molar-refractivity contribution in [3.63, 3.8) is 0 Å². The minimum atomic E-state index is -3.57. The Labute approximate surface area is 124 Å². The molecule has 0 aromatic heterocycles. The zero-order valence-corrected chi connectivity index (χ0v) is 12.8. The fourth-order valence-corrected chi connectivity index (χ4v) is 3.84. The maximum absolute atomic E-state index is 12.6. The molecule has 0 bridgehead atoms. The van der Waals surface area contributed by atoms with Crippen molar-refractivity contribution >= 4 is 10.0 Å². The van der Waals surface area contributed by atoms with Crippen LogP contribution in [0.4, 0.5) is 0 Å². The van der Waals surface area contributed by atoms with Gasteiger partial charge in [0.25, 0.3) is 0 Å². The van der Waals surface area contributed by atoms with Crippen LogP contribution in [0, 0.1) is 11.3 Å². The van der Waals surface area contributed by atoms with E-state index in [0.29, 0.717) is 0 Å². The molecule has 0 amide bonds. The molecule has 1 aromatic carbocycles. The largest absolute Gasteiger partial charge is 0.377 e. The van der Waals surface area contributed by atoms with Crippen molar-refractivity contribution < 1.29 is 17.9 Å². The topological polar surface area (TPSA) is 79.6 Å².